The van der Waals surface area contributed by atoms with Gasteiger partial charge in [0.15, 0.2) is 46.5 Å². The van der Waals surface area contributed by atoms with Crippen LogP contribution < -0.4 is 0 Å². The molecule has 1 saturated heterocycles. The van der Waals surface area contributed by atoms with E-state index < -0.39 is 58.8 Å². The number of hydrogen-bond donors (Lipinski definition) is 4. The first-order valence-corrected chi connectivity index (χ1v) is 6.82. The number of carbonyl (C=O) groups is 4. The van der Waals surface area contributed by atoms with Gasteiger partial charge in [-0.15, -0.1) is 0 Å². The fourth-order valence-corrected chi connectivity index (χ4v) is 2.78. The van der Waals surface area contributed by atoms with Crippen LogP contribution in [0.3, 0.4) is 0 Å². The number of hydrogen-bond acceptors (Lipinski definition) is 9. The molecule has 0 spiro atoms. The van der Waals surface area contributed by atoms with Gasteiger partial charge in [-0.3, -0.25) is 19.2 Å². The van der Waals surface area contributed by atoms with Gasteiger partial charge in [0.25, 0.3) is 0 Å². The van der Waals surface area contributed by atoms with Gasteiger partial charge in [-0.2, -0.15) is 0 Å². The highest BCUT2D eigenvalue weighted by Gasteiger charge is 2.68. The maximum Gasteiger partial charge on any atom is 0.188 e. The van der Waals surface area contributed by atoms with Crippen molar-refractivity contribution in [2.75, 3.05) is 0 Å². The van der Waals surface area contributed by atoms with Crippen molar-refractivity contribution >= 4 is 23.1 Å². The topological polar surface area (TPSA) is 158 Å². The second kappa shape index (κ2) is 6.17. The van der Waals surface area contributed by atoms with Gasteiger partial charge in [-0.1, -0.05) is 0 Å². The number of aliphatic hydroxyl groups excluding tert-OH is 3. The van der Waals surface area contributed by atoms with E-state index in [1.807, 2.05) is 0 Å². The molecule has 0 radical (unpaired) electrons. The second-order valence-electron chi connectivity index (χ2n) is 5.74. The number of Topliss-reactive ketones (excluding diaryl/α,β-unsaturated/α-hetero) is 4. The lowest BCUT2D eigenvalue weighted by molar-refractivity contribution is -0.294. The predicted molar refractivity (Wildman–Crippen MR) is 73.3 cm³/mol. The molecule has 0 amide bonds. The van der Waals surface area contributed by atoms with Crippen molar-refractivity contribution < 1.29 is 44.3 Å². The Hall–Kier alpha value is -1.52. The first-order valence-electron chi connectivity index (χ1n) is 6.82. The van der Waals surface area contributed by atoms with Gasteiger partial charge in [0.05, 0.1) is 0 Å². The van der Waals surface area contributed by atoms with Crippen LogP contribution in [0.25, 0.3) is 0 Å². The molecule has 6 atom stereocenters. The Kier molecular flexibility index (Phi) is 5.24. The summed E-state index contributed by atoms with van der Waals surface area (Å²) < 4.78 is 5.13. The summed E-state index contributed by atoms with van der Waals surface area (Å²) in [7, 11) is 0. The van der Waals surface area contributed by atoms with Gasteiger partial charge in [0, 0.05) is 0 Å². The second-order valence-corrected chi connectivity index (χ2v) is 5.74. The molecule has 1 heterocycles. The molecule has 0 aromatic rings. The van der Waals surface area contributed by atoms with Crippen LogP contribution in [0.4, 0.5) is 0 Å². The third kappa shape index (κ3) is 2.64. The molecule has 4 N–H and O–H groups in total. The summed E-state index contributed by atoms with van der Waals surface area (Å²) in [5.41, 5.74) is -5.50. The monoisotopic (exact) mass is 332 g/mol. The minimum atomic E-state index is -2.82. The van der Waals surface area contributed by atoms with Gasteiger partial charge in [0.1, 0.15) is 12.2 Å². The van der Waals surface area contributed by atoms with Crippen LogP contribution >= 0.6 is 0 Å². The first kappa shape index (κ1) is 19.5. The Bertz CT molecular complexity index is 556. The minimum Gasteiger partial charge on any atom is -0.387 e. The Balaban J connectivity index is 3.62. The van der Waals surface area contributed by atoms with E-state index in [1.165, 1.54) is 0 Å². The standard InChI is InChI=1S/C14H20O9/c1-5(15)9(19)14(8(4)18)11(21)10(20)13(22,7(3)17)12(23-14)6(2)16/h9-12,19-22H,1-4H3/t9?,10?,11-,12+,13-,14-/m1/s1. The number of ketones is 4. The van der Waals surface area contributed by atoms with E-state index in [0.717, 1.165) is 27.7 Å². The smallest absolute Gasteiger partial charge is 0.188 e. The van der Waals surface area contributed by atoms with E-state index in [0.29, 0.717) is 0 Å². The minimum absolute atomic E-state index is 0.859. The first-order chi connectivity index (χ1) is 10.3. The van der Waals surface area contributed by atoms with Crippen LogP contribution in [-0.2, 0) is 23.9 Å². The van der Waals surface area contributed by atoms with E-state index in [1.54, 1.807) is 0 Å². The summed E-state index contributed by atoms with van der Waals surface area (Å²) in [5, 5.41) is 40.8. The fraction of sp³-hybridized carbons (Fsp3) is 0.714. The van der Waals surface area contributed by atoms with Crippen molar-refractivity contribution in [2.45, 2.75) is 63.3 Å². The Morgan fingerprint density at radius 1 is 0.957 bits per heavy atom. The summed E-state index contributed by atoms with van der Waals surface area (Å²) in [5.74, 6) is -4.04. The summed E-state index contributed by atoms with van der Waals surface area (Å²) >= 11 is 0. The summed E-state index contributed by atoms with van der Waals surface area (Å²) in [6.45, 7) is 3.56. The Morgan fingerprint density at radius 2 is 1.43 bits per heavy atom. The Morgan fingerprint density at radius 3 is 1.74 bits per heavy atom. The molecular formula is C14H20O9. The van der Waals surface area contributed by atoms with Crippen LogP contribution in [0, 0.1) is 0 Å². The highest BCUT2D eigenvalue weighted by molar-refractivity contribution is 5.99. The van der Waals surface area contributed by atoms with Crippen LogP contribution in [0.5, 0.6) is 0 Å². The molecule has 9 heteroatoms. The largest absolute Gasteiger partial charge is 0.387 e. The fourth-order valence-electron chi connectivity index (χ4n) is 2.78. The quantitative estimate of drug-likeness (QED) is 0.420. The van der Waals surface area contributed by atoms with E-state index >= 15 is 0 Å². The zero-order chi connectivity index (χ0) is 18.3. The van der Waals surface area contributed by atoms with Crippen LogP contribution in [0.1, 0.15) is 27.7 Å². The summed E-state index contributed by atoms with van der Waals surface area (Å²) in [6.07, 6.45) is -8.90. The molecule has 1 fully saturated rings. The van der Waals surface area contributed by atoms with E-state index in [-0.39, 0.29) is 0 Å². The van der Waals surface area contributed by atoms with Crippen molar-refractivity contribution in [2.24, 2.45) is 0 Å². The highest BCUT2D eigenvalue weighted by atomic mass is 16.6. The lowest BCUT2D eigenvalue weighted by Gasteiger charge is -2.52. The maximum atomic E-state index is 12.0. The van der Waals surface area contributed by atoms with Crippen molar-refractivity contribution in [1.82, 2.24) is 0 Å². The predicted octanol–water partition coefficient (Wildman–Crippen LogP) is -2.71. The van der Waals surface area contributed by atoms with Crippen LogP contribution in [-0.4, -0.2) is 79.2 Å². The molecule has 1 rings (SSSR count). The third-order valence-corrected chi connectivity index (χ3v) is 4.18. The summed E-state index contributed by atoms with van der Waals surface area (Å²) in [6, 6.07) is 0. The maximum absolute atomic E-state index is 12.0. The molecule has 23 heavy (non-hydrogen) atoms. The average Bonchev–Trinajstić information content (AvgIpc) is 2.43. The van der Waals surface area contributed by atoms with Gasteiger partial charge >= 0.3 is 0 Å². The molecule has 0 aromatic heterocycles. The normalized spacial score (nSPS) is 38.7. The number of ether oxygens (including phenoxy) is 1. The van der Waals surface area contributed by atoms with Crippen molar-refractivity contribution in [3.8, 4) is 0 Å². The molecular weight excluding hydrogens is 312 g/mol. The van der Waals surface area contributed by atoms with Crippen molar-refractivity contribution in [3.05, 3.63) is 0 Å². The molecule has 0 aromatic carbocycles. The van der Waals surface area contributed by atoms with E-state index in [9.17, 15) is 39.6 Å². The molecule has 0 bridgehead atoms. The third-order valence-electron chi connectivity index (χ3n) is 4.18. The van der Waals surface area contributed by atoms with Crippen LogP contribution in [0.2, 0.25) is 0 Å². The molecule has 130 valence electrons. The van der Waals surface area contributed by atoms with Crippen molar-refractivity contribution in [1.29, 1.82) is 0 Å². The van der Waals surface area contributed by atoms with Gasteiger partial charge in [-0.25, -0.2) is 0 Å². The molecule has 0 saturated carbocycles. The average molecular weight is 332 g/mol. The van der Waals surface area contributed by atoms with Crippen molar-refractivity contribution in [3.63, 3.8) is 0 Å². The number of carbonyl (C=O) groups excluding carboxylic acids is 4. The Labute approximate surface area is 131 Å². The number of aliphatic hydroxyl groups is 4. The summed E-state index contributed by atoms with van der Waals surface area (Å²) in [4.78, 5) is 46.9. The molecule has 9 nitrogen and oxygen atoms in total. The lowest BCUT2D eigenvalue weighted by atomic mass is 9.70. The number of rotatable bonds is 5. The van der Waals surface area contributed by atoms with Gasteiger partial charge in [0.2, 0.25) is 0 Å². The zero-order valence-electron chi connectivity index (χ0n) is 13.1. The molecule has 0 aliphatic carbocycles. The van der Waals surface area contributed by atoms with E-state index in [4.69, 9.17) is 4.74 Å². The molecule has 1 aliphatic rings. The molecule has 1 aliphatic heterocycles. The highest BCUT2D eigenvalue weighted by Crippen LogP contribution is 2.40. The van der Waals surface area contributed by atoms with Crippen LogP contribution in [0.15, 0.2) is 0 Å². The van der Waals surface area contributed by atoms with Gasteiger partial charge < -0.3 is 25.2 Å². The lowest BCUT2D eigenvalue weighted by Crippen LogP contribution is -2.79. The zero-order valence-corrected chi connectivity index (χ0v) is 13.1. The van der Waals surface area contributed by atoms with Gasteiger partial charge in [-0.05, 0) is 27.7 Å². The molecule has 2 unspecified atom stereocenters. The SMILES string of the molecule is CC(=O)C(O)[C@@]1(C(C)=O)O[C@@H](C(C)=O)[C@@](O)(C(C)=O)C(O)[C@H]1O. The van der Waals surface area contributed by atoms with E-state index in [2.05, 4.69) is 0 Å².